The normalized spacial score (nSPS) is 23.0. The molecule has 1 amide bonds. The third-order valence-corrected chi connectivity index (χ3v) is 3.99. The highest BCUT2D eigenvalue weighted by Gasteiger charge is 2.40. The first-order valence-corrected chi connectivity index (χ1v) is 7.14. The predicted molar refractivity (Wildman–Crippen MR) is 75.4 cm³/mol. The largest absolute Gasteiger partial charge is 0.322 e. The van der Waals surface area contributed by atoms with Crippen molar-refractivity contribution in [3.05, 3.63) is 22.9 Å². The van der Waals surface area contributed by atoms with Gasteiger partial charge in [0.15, 0.2) is 0 Å². The first kappa shape index (κ1) is 13.5. The predicted octanol–water partition coefficient (Wildman–Crippen LogP) is 2.70. The Bertz CT molecular complexity index is 430. The monoisotopic (exact) mass is 311 g/mol. The lowest BCUT2D eigenvalue weighted by atomic mass is 9.91. The number of anilines is 1. The van der Waals surface area contributed by atoms with Crippen LogP contribution in [0.15, 0.2) is 22.9 Å². The molecule has 1 fully saturated rings. The lowest BCUT2D eigenvalue weighted by molar-refractivity contribution is -0.122. The minimum absolute atomic E-state index is 0.0514. The standard InChI is InChI=1S/C13H18BrN3O/c1-2-6-13(7-4-9-16-13)12(18)17-10-5-3-8-15-11(10)14/h3,5,8,16H,2,4,6-7,9H2,1H3,(H,17,18). The number of amides is 1. The van der Waals surface area contributed by atoms with Gasteiger partial charge in [-0.1, -0.05) is 13.3 Å². The Balaban J connectivity index is 2.13. The van der Waals surface area contributed by atoms with Crippen molar-refractivity contribution >= 4 is 27.5 Å². The van der Waals surface area contributed by atoms with E-state index in [4.69, 9.17) is 0 Å². The highest BCUT2D eigenvalue weighted by Crippen LogP contribution is 2.27. The second kappa shape index (κ2) is 5.80. The van der Waals surface area contributed by atoms with Crippen molar-refractivity contribution in [1.29, 1.82) is 0 Å². The van der Waals surface area contributed by atoms with E-state index in [1.54, 1.807) is 6.20 Å². The molecule has 5 heteroatoms. The van der Waals surface area contributed by atoms with E-state index in [1.807, 2.05) is 12.1 Å². The summed E-state index contributed by atoms with van der Waals surface area (Å²) in [6, 6.07) is 3.67. The first-order chi connectivity index (χ1) is 8.68. The zero-order chi connectivity index (χ0) is 13.0. The van der Waals surface area contributed by atoms with Crippen LogP contribution in [0.3, 0.4) is 0 Å². The van der Waals surface area contributed by atoms with E-state index in [0.717, 1.165) is 37.9 Å². The third-order valence-electron chi connectivity index (χ3n) is 3.36. The van der Waals surface area contributed by atoms with Crippen LogP contribution in [0.5, 0.6) is 0 Å². The second-order valence-corrected chi connectivity index (χ2v) is 5.41. The maximum atomic E-state index is 12.5. The van der Waals surface area contributed by atoms with Crippen molar-refractivity contribution in [3.8, 4) is 0 Å². The average molecular weight is 312 g/mol. The molecule has 1 aliphatic heterocycles. The fourth-order valence-corrected chi connectivity index (χ4v) is 2.82. The van der Waals surface area contributed by atoms with Crippen LogP contribution < -0.4 is 10.6 Å². The first-order valence-electron chi connectivity index (χ1n) is 6.35. The number of hydrogen-bond acceptors (Lipinski definition) is 3. The topological polar surface area (TPSA) is 54.0 Å². The van der Waals surface area contributed by atoms with Crippen LogP contribution in [0, 0.1) is 0 Å². The molecular formula is C13H18BrN3O. The Hall–Kier alpha value is -0.940. The molecule has 0 aromatic carbocycles. The van der Waals surface area contributed by atoms with E-state index in [-0.39, 0.29) is 5.91 Å². The Morgan fingerprint density at radius 3 is 3.11 bits per heavy atom. The summed E-state index contributed by atoms with van der Waals surface area (Å²) in [7, 11) is 0. The number of aromatic nitrogens is 1. The van der Waals surface area contributed by atoms with Gasteiger partial charge in [-0.3, -0.25) is 4.79 Å². The molecule has 0 aliphatic carbocycles. The number of carbonyl (C=O) groups is 1. The summed E-state index contributed by atoms with van der Waals surface area (Å²) in [5, 5.41) is 6.33. The number of carbonyl (C=O) groups excluding carboxylic acids is 1. The number of nitrogens with zero attached hydrogens (tertiary/aromatic N) is 1. The molecular weight excluding hydrogens is 294 g/mol. The molecule has 2 rings (SSSR count). The van der Waals surface area contributed by atoms with Crippen molar-refractivity contribution in [3.63, 3.8) is 0 Å². The SMILES string of the molecule is CCCC1(C(=O)Nc2cccnc2Br)CCCN1. The molecule has 0 saturated carbocycles. The Morgan fingerprint density at radius 1 is 1.67 bits per heavy atom. The van der Waals surface area contributed by atoms with Crippen LogP contribution in [0.1, 0.15) is 32.6 Å². The van der Waals surface area contributed by atoms with Crippen LogP contribution >= 0.6 is 15.9 Å². The summed E-state index contributed by atoms with van der Waals surface area (Å²) < 4.78 is 0.669. The quantitative estimate of drug-likeness (QED) is 0.841. The van der Waals surface area contributed by atoms with E-state index < -0.39 is 5.54 Å². The summed E-state index contributed by atoms with van der Waals surface area (Å²) in [5.41, 5.74) is 0.330. The molecule has 1 atom stereocenters. The maximum Gasteiger partial charge on any atom is 0.244 e. The molecule has 4 nitrogen and oxygen atoms in total. The highest BCUT2D eigenvalue weighted by molar-refractivity contribution is 9.10. The lowest BCUT2D eigenvalue weighted by Gasteiger charge is -2.27. The molecule has 1 saturated heterocycles. The van der Waals surface area contributed by atoms with Crippen molar-refractivity contribution in [1.82, 2.24) is 10.3 Å². The van der Waals surface area contributed by atoms with Gasteiger partial charge in [0.25, 0.3) is 0 Å². The molecule has 2 heterocycles. The van der Waals surface area contributed by atoms with Crippen LogP contribution in [0.2, 0.25) is 0 Å². The third kappa shape index (κ3) is 2.72. The van der Waals surface area contributed by atoms with E-state index in [2.05, 4.69) is 38.5 Å². The minimum Gasteiger partial charge on any atom is -0.322 e. The van der Waals surface area contributed by atoms with Gasteiger partial charge in [-0.2, -0.15) is 0 Å². The molecule has 1 aromatic heterocycles. The highest BCUT2D eigenvalue weighted by atomic mass is 79.9. The van der Waals surface area contributed by atoms with E-state index in [1.165, 1.54) is 0 Å². The molecule has 1 aromatic rings. The fraction of sp³-hybridized carbons (Fsp3) is 0.538. The summed E-state index contributed by atoms with van der Waals surface area (Å²) >= 11 is 3.34. The fourth-order valence-electron chi connectivity index (χ4n) is 2.47. The summed E-state index contributed by atoms with van der Waals surface area (Å²) in [6.07, 6.45) is 5.52. The average Bonchev–Trinajstić information content (AvgIpc) is 2.82. The van der Waals surface area contributed by atoms with E-state index in [0.29, 0.717) is 4.60 Å². The minimum atomic E-state index is -0.399. The summed E-state index contributed by atoms with van der Waals surface area (Å²) in [4.78, 5) is 16.6. The molecule has 1 aliphatic rings. The maximum absolute atomic E-state index is 12.5. The number of nitrogens with one attached hydrogen (secondary N) is 2. The Morgan fingerprint density at radius 2 is 2.50 bits per heavy atom. The molecule has 98 valence electrons. The number of pyridine rings is 1. The molecule has 0 bridgehead atoms. The van der Waals surface area contributed by atoms with Crippen LogP contribution in [0.4, 0.5) is 5.69 Å². The zero-order valence-corrected chi connectivity index (χ0v) is 12.1. The van der Waals surface area contributed by atoms with Crippen molar-refractivity contribution in [2.24, 2.45) is 0 Å². The van der Waals surface area contributed by atoms with Gasteiger partial charge in [0.2, 0.25) is 5.91 Å². The van der Waals surface area contributed by atoms with Gasteiger partial charge in [0.05, 0.1) is 11.2 Å². The Labute approximate surface area is 116 Å². The summed E-state index contributed by atoms with van der Waals surface area (Å²) in [6.45, 7) is 3.02. The van der Waals surface area contributed by atoms with Gasteiger partial charge in [-0.05, 0) is 53.9 Å². The molecule has 18 heavy (non-hydrogen) atoms. The molecule has 0 spiro atoms. The van der Waals surface area contributed by atoms with Gasteiger partial charge >= 0.3 is 0 Å². The number of halogens is 1. The van der Waals surface area contributed by atoms with Gasteiger partial charge in [-0.15, -0.1) is 0 Å². The zero-order valence-electron chi connectivity index (χ0n) is 10.5. The summed E-state index contributed by atoms with van der Waals surface area (Å²) in [5.74, 6) is 0.0514. The van der Waals surface area contributed by atoms with Gasteiger partial charge in [0.1, 0.15) is 4.60 Å². The smallest absolute Gasteiger partial charge is 0.244 e. The number of hydrogen-bond donors (Lipinski definition) is 2. The van der Waals surface area contributed by atoms with Crippen LogP contribution in [-0.4, -0.2) is 23.0 Å². The van der Waals surface area contributed by atoms with Gasteiger partial charge < -0.3 is 10.6 Å². The van der Waals surface area contributed by atoms with Crippen LogP contribution in [-0.2, 0) is 4.79 Å². The van der Waals surface area contributed by atoms with E-state index >= 15 is 0 Å². The van der Waals surface area contributed by atoms with Gasteiger partial charge in [0, 0.05) is 6.20 Å². The second-order valence-electron chi connectivity index (χ2n) is 4.66. The lowest BCUT2D eigenvalue weighted by Crippen LogP contribution is -2.50. The molecule has 1 unspecified atom stereocenters. The van der Waals surface area contributed by atoms with Crippen molar-refractivity contribution in [2.75, 3.05) is 11.9 Å². The van der Waals surface area contributed by atoms with E-state index in [9.17, 15) is 4.79 Å². The molecule has 2 N–H and O–H groups in total. The van der Waals surface area contributed by atoms with Crippen molar-refractivity contribution < 1.29 is 4.79 Å². The molecule has 0 radical (unpaired) electrons. The Kier molecular flexibility index (Phi) is 4.35. The van der Waals surface area contributed by atoms with Crippen molar-refractivity contribution in [2.45, 2.75) is 38.1 Å². The van der Waals surface area contributed by atoms with Gasteiger partial charge in [-0.25, -0.2) is 4.98 Å². The number of rotatable bonds is 4. The van der Waals surface area contributed by atoms with Crippen LogP contribution in [0.25, 0.3) is 0 Å².